The number of hydrogen-bond donors (Lipinski definition) is 0. The maximum atomic E-state index is 10.5. The minimum absolute atomic E-state index is 0.447. The Kier molecular flexibility index (Phi) is 4.14. The molecule has 1 aromatic carbocycles. The Hall–Kier alpha value is -1.53. The Balaban J connectivity index is 2.86. The van der Waals surface area contributed by atoms with Crippen molar-refractivity contribution in [3.8, 4) is 6.07 Å². The van der Waals surface area contributed by atoms with E-state index in [1.54, 1.807) is 18.2 Å². The van der Waals surface area contributed by atoms with Crippen LogP contribution in [0.15, 0.2) is 18.2 Å². The van der Waals surface area contributed by atoms with Crippen LogP contribution in [0, 0.1) is 11.3 Å². The highest BCUT2D eigenvalue weighted by Crippen LogP contribution is 2.25. The summed E-state index contributed by atoms with van der Waals surface area (Å²) in [5.41, 5.74) is 1.38. The van der Waals surface area contributed by atoms with Crippen molar-refractivity contribution in [1.82, 2.24) is 0 Å². The van der Waals surface area contributed by atoms with Crippen molar-refractivity contribution in [2.75, 3.05) is 18.5 Å². The minimum atomic E-state index is 0.447. The molecule has 0 saturated heterocycles. The summed E-state index contributed by atoms with van der Waals surface area (Å²) >= 11 is 6.00. The maximum Gasteiger partial charge on any atom is 0.150 e. The smallest absolute Gasteiger partial charge is 0.150 e. The fraction of sp³-hybridized carbons (Fsp3) is 0.273. The van der Waals surface area contributed by atoms with E-state index in [0.29, 0.717) is 23.6 Å². The summed E-state index contributed by atoms with van der Waals surface area (Å²) < 4.78 is 0. The Morgan fingerprint density at radius 2 is 2.33 bits per heavy atom. The lowest BCUT2D eigenvalue weighted by Crippen LogP contribution is -2.18. The quantitative estimate of drug-likeness (QED) is 0.736. The van der Waals surface area contributed by atoms with E-state index in [1.807, 2.05) is 11.9 Å². The van der Waals surface area contributed by atoms with Crippen LogP contribution in [0.1, 0.15) is 16.8 Å². The topological polar surface area (TPSA) is 44.1 Å². The SMILES string of the molecule is CN(CCC#N)c1ccc(C=O)cc1Cl. The van der Waals surface area contributed by atoms with E-state index < -0.39 is 0 Å². The van der Waals surface area contributed by atoms with Gasteiger partial charge >= 0.3 is 0 Å². The van der Waals surface area contributed by atoms with Gasteiger partial charge in [-0.1, -0.05) is 11.6 Å². The molecule has 0 spiro atoms. The van der Waals surface area contributed by atoms with Crippen molar-refractivity contribution in [3.05, 3.63) is 28.8 Å². The van der Waals surface area contributed by atoms with Crippen molar-refractivity contribution in [2.45, 2.75) is 6.42 Å². The first-order chi connectivity index (χ1) is 7.19. The van der Waals surface area contributed by atoms with E-state index in [4.69, 9.17) is 16.9 Å². The summed E-state index contributed by atoms with van der Waals surface area (Å²) in [5.74, 6) is 0. The third kappa shape index (κ3) is 2.97. The number of anilines is 1. The highest BCUT2D eigenvalue weighted by atomic mass is 35.5. The molecule has 0 unspecified atom stereocenters. The summed E-state index contributed by atoms with van der Waals surface area (Å²) in [6, 6.07) is 7.17. The molecule has 0 heterocycles. The van der Waals surface area contributed by atoms with Crippen LogP contribution in [0.2, 0.25) is 5.02 Å². The molecule has 4 heteroatoms. The third-order valence-electron chi connectivity index (χ3n) is 2.08. The zero-order chi connectivity index (χ0) is 11.3. The van der Waals surface area contributed by atoms with Gasteiger partial charge in [-0.05, 0) is 18.2 Å². The molecule has 0 saturated carbocycles. The molecule has 0 aliphatic carbocycles. The summed E-state index contributed by atoms with van der Waals surface area (Å²) in [7, 11) is 1.86. The molecule has 0 amide bonds. The molecule has 0 aromatic heterocycles. The standard InChI is InChI=1S/C11H11ClN2O/c1-14(6-2-5-13)11-4-3-9(8-15)7-10(11)12/h3-4,7-8H,2,6H2,1H3. The van der Waals surface area contributed by atoms with Crippen molar-refractivity contribution in [2.24, 2.45) is 0 Å². The van der Waals surface area contributed by atoms with E-state index in [1.165, 1.54) is 0 Å². The minimum Gasteiger partial charge on any atom is -0.372 e. The molecular weight excluding hydrogens is 212 g/mol. The van der Waals surface area contributed by atoms with Gasteiger partial charge in [0.05, 0.1) is 23.2 Å². The predicted molar refractivity (Wildman–Crippen MR) is 60.3 cm³/mol. The fourth-order valence-corrected chi connectivity index (χ4v) is 1.58. The first-order valence-electron chi connectivity index (χ1n) is 4.52. The number of nitrogens with zero attached hydrogens (tertiary/aromatic N) is 2. The zero-order valence-electron chi connectivity index (χ0n) is 8.40. The van der Waals surface area contributed by atoms with Gasteiger partial charge in [0.2, 0.25) is 0 Å². The second-order valence-corrected chi connectivity index (χ2v) is 3.57. The molecule has 0 fully saturated rings. The molecule has 1 rings (SSSR count). The highest BCUT2D eigenvalue weighted by Gasteiger charge is 2.06. The van der Waals surface area contributed by atoms with Crippen LogP contribution in [0.5, 0.6) is 0 Å². The zero-order valence-corrected chi connectivity index (χ0v) is 9.16. The normalized spacial score (nSPS) is 9.40. The number of carbonyl (C=O) groups is 1. The highest BCUT2D eigenvalue weighted by molar-refractivity contribution is 6.33. The molecule has 78 valence electrons. The first-order valence-corrected chi connectivity index (χ1v) is 4.89. The molecule has 0 radical (unpaired) electrons. The fourth-order valence-electron chi connectivity index (χ4n) is 1.24. The van der Waals surface area contributed by atoms with Gasteiger partial charge in [0, 0.05) is 19.2 Å². The summed E-state index contributed by atoms with van der Waals surface area (Å²) in [5, 5.41) is 8.99. The van der Waals surface area contributed by atoms with E-state index in [9.17, 15) is 4.79 Å². The molecule has 0 N–H and O–H groups in total. The van der Waals surface area contributed by atoms with Gasteiger partial charge in [-0.3, -0.25) is 4.79 Å². The van der Waals surface area contributed by atoms with Gasteiger partial charge < -0.3 is 4.90 Å². The Morgan fingerprint density at radius 3 is 2.87 bits per heavy atom. The number of halogens is 1. The molecule has 15 heavy (non-hydrogen) atoms. The van der Waals surface area contributed by atoms with Gasteiger partial charge in [-0.15, -0.1) is 0 Å². The molecule has 0 bridgehead atoms. The average Bonchev–Trinajstić information content (AvgIpc) is 2.25. The number of carbonyl (C=O) groups excluding carboxylic acids is 1. The molecule has 0 aliphatic heterocycles. The Labute approximate surface area is 93.9 Å². The molecule has 0 aliphatic rings. The third-order valence-corrected chi connectivity index (χ3v) is 2.38. The number of rotatable bonds is 4. The number of aldehydes is 1. The van der Waals surface area contributed by atoms with Crippen molar-refractivity contribution >= 4 is 23.6 Å². The van der Waals surface area contributed by atoms with Crippen LogP contribution < -0.4 is 4.90 Å². The monoisotopic (exact) mass is 222 g/mol. The Morgan fingerprint density at radius 1 is 1.60 bits per heavy atom. The molecular formula is C11H11ClN2O. The van der Waals surface area contributed by atoms with E-state index in [-0.39, 0.29) is 0 Å². The van der Waals surface area contributed by atoms with E-state index in [2.05, 4.69) is 6.07 Å². The van der Waals surface area contributed by atoms with Gasteiger partial charge in [-0.25, -0.2) is 0 Å². The number of benzene rings is 1. The van der Waals surface area contributed by atoms with Gasteiger partial charge in [0.1, 0.15) is 6.29 Å². The van der Waals surface area contributed by atoms with Gasteiger partial charge in [0.15, 0.2) is 0 Å². The lowest BCUT2D eigenvalue weighted by atomic mass is 10.2. The van der Waals surface area contributed by atoms with Crippen molar-refractivity contribution < 1.29 is 4.79 Å². The molecule has 1 aromatic rings. The summed E-state index contributed by atoms with van der Waals surface area (Å²) in [6.45, 7) is 0.622. The lowest BCUT2D eigenvalue weighted by molar-refractivity contribution is 0.112. The van der Waals surface area contributed by atoms with Crippen LogP contribution in [0.25, 0.3) is 0 Å². The predicted octanol–water partition coefficient (Wildman–Crippen LogP) is 2.50. The summed E-state index contributed by atoms with van der Waals surface area (Å²) in [4.78, 5) is 12.4. The molecule has 0 atom stereocenters. The van der Waals surface area contributed by atoms with Crippen LogP contribution in [0.4, 0.5) is 5.69 Å². The van der Waals surface area contributed by atoms with Crippen LogP contribution in [0.3, 0.4) is 0 Å². The number of nitriles is 1. The van der Waals surface area contributed by atoms with E-state index in [0.717, 1.165) is 12.0 Å². The lowest BCUT2D eigenvalue weighted by Gasteiger charge is -2.19. The van der Waals surface area contributed by atoms with Gasteiger partial charge in [-0.2, -0.15) is 5.26 Å². The largest absolute Gasteiger partial charge is 0.372 e. The number of hydrogen-bond acceptors (Lipinski definition) is 3. The van der Waals surface area contributed by atoms with Crippen molar-refractivity contribution in [3.63, 3.8) is 0 Å². The first kappa shape index (κ1) is 11.5. The maximum absolute atomic E-state index is 10.5. The second kappa shape index (κ2) is 5.38. The van der Waals surface area contributed by atoms with Crippen molar-refractivity contribution in [1.29, 1.82) is 5.26 Å². The second-order valence-electron chi connectivity index (χ2n) is 3.16. The molecule has 3 nitrogen and oxygen atoms in total. The van der Waals surface area contributed by atoms with Crippen LogP contribution in [-0.4, -0.2) is 19.9 Å². The summed E-state index contributed by atoms with van der Waals surface area (Å²) in [6.07, 6.45) is 1.20. The van der Waals surface area contributed by atoms with E-state index >= 15 is 0 Å². The average molecular weight is 223 g/mol. The van der Waals surface area contributed by atoms with Crippen LogP contribution in [-0.2, 0) is 0 Å². The Bertz CT molecular complexity index is 398. The van der Waals surface area contributed by atoms with Gasteiger partial charge in [0.25, 0.3) is 0 Å². The van der Waals surface area contributed by atoms with Crippen LogP contribution >= 0.6 is 11.6 Å².